The average Bonchev–Trinajstić information content (AvgIpc) is 3.35. The van der Waals surface area contributed by atoms with Crippen molar-refractivity contribution >= 4 is 40.4 Å². The van der Waals surface area contributed by atoms with Gasteiger partial charge in [-0.25, -0.2) is 0 Å². The predicted molar refractivity (Wildman–Crippen MR) is 143 cm³/mol. The number of amides is 3. The van der Waals surface area contributed by atoms with Gasteiger partial charge in [-0.05, 0) is 92.6 Å². The van der Waals surface area contributed by atoms with E-state index < -0.39 is 6.04 Å². The smallest absolute Gasteiger partial charge is 0.264 e. The molecule has 5 rings (SSSR count). The molecule has 9 heteroatoms. The summed E-state index contributed by atoms with van der Waals surface area (Å²) in [5, 5.41) is 7.00. The molecule has 2 aromatic rings. The minimum absolute atomic E-state index is 0.0461. The highest BCUT2D eigenvalue weighted by atomic mass is 32.1. The molecule has 1 aliphatic heterocycles. The maximum Gasteiger partial charge on any atom is 0.264 e. The summed E-state index contributed by atoms with van der Waals surface area (Å²) < 4.78 is 0. The summed E-state index contributed by atoms with van der Waals surface area (Å²) in [6, 6.07) is 7.09. The molecule has 1 saturated heterocycles. The number of carbonyl (C=O) groups is 3. The Morgan fingerprint density at radius 1 is 0.917 bits per heavy atom. The van der Waals surface area contributed by atoms with Crippen molar-refractivity contribution in [1.29, 1.82) is 0 Å². The van der Waals surface area contributed by atoms with E-state index in [9.17, 15) is 14.4 Å². The summed E-state index contributed by atoms with van der Waals surface area (Å²) in [5.41, 5.74) is 5.83. The van der Waals surface area contributed by atoms with Crippen LogP contribution in [0.5, 0.6) is 0 Å². The van der Waals surface area contributed by atoms with Crippen molar-refractivity contribution in [3.63, 3.8) is 0 Å². The average molecular weight is 529 g/mol. The van der Waals surface area contributed by atoms with E-state index in [4.69, 9.17) is 5.73 Å². The van der Waals surface area contributed by atoms with Crippen LogP contribution in [0.25, 0.3) is 0 Å². The Morgan fingerprint density at radius 2 is 1.58 bits per heavy atom. The molecule has 2 aromatic heterocycles. The molecule has 3 N–H and O–H groups in total. The molecule has 7 nitrogen and oxygen atoms in total. The van der Waals surface area contributed by atoms with Crippen LogP contribution < -0.4 is 11.1 Å². The number of nitrogens with two attached hydrogens (primary N) is 1. The zero-order valence-corrected chi connectivity index (χ0v) is 22.3. The van der Waals surface area contributed by atoms with Gasteiger partial charge in [0.05, 0.1) is 9.75 Å². The first-order chi connectivity index (χ1) is 17.5. The molecule has 3 heterocycles. The van der Waals surface area contributed by atoms with Gasteiger partial charge in [-0.1, -0.05) is 12.1 Å². The summed E-state index contributed by atoms with van der Waals surface area (Å²) in [5.74, 6) is 0.941. The maximum atomic E-state index is 13.6. The quantitative estimate of drug-likeness (QED) is 0.542. The molecule has 36 heavy (non-hydrogen) atoms. The topological polar surface area (TPSA) is 95.7 Å². The standard InChI is InChI=1S/C27H36N4O3S2/c28-16-18-5-7-19(8-6-18)17-29-25(32)22-15-21(11-12-30(22)26(33)23-3-1-13-35-23)31(20-9-10-20)27(34)24-4-2-14-36-24/h1-4,13-14,18-22H,5-12,15-17,28H2,(H,29,32)/t18?,19?,21?,22-/m1/s1. The van der Waals surface area contributed by atoms with Gasteiger partial charge in [-0.3, -0.25) is 14.4 Å². The second-order valence-corrected chi connectivity index (χ2v) is 12.4. The predicted octanol–water partition coefficient (Wildman–Crippen LogP) is 3.97. The lowest BCUT2D eigenvalue weighted by Crippen LogP contribution is -2.58. The van der Waals surface area contributed by atoms with Gasteiger partial charge in [0, 0.05) is 25.2 Å². The van der Waals surface area contributed by atoms with Crippen LogP contribution in [0, 0.1) is 11.8 Å². The van der Waals surface area contributed by atoms with Crippen molar-refractivity contribution in [2.45, 2.75) is 69.5 Å². The zero-order chi connectivity index (χ0) is 25.1. The fourth-order valence-corrected chi connectivity index (χ4v) is 7.12. The van der Waals surface area contributed by atoms with Crippen LogP contribution in [-0.2, 0) is 4.79 Å². The van der Waals surface area contributed by atoms with Gasteiger partial charge < -0.3 is 20.9 Å². The summed E-state index contributed by atoms with van der Waals surface area (Å²) in [6.45, 7) is 1.85. The van der Waals surface area contributed by atoms with Crippen LogP contribution in [0.1, 0.15) is 70.7 Å². The monoisotopic (exact) mass is 528 g/mol. The van der Waals surface area contributed by atoms with Gasteiger partial charge in [0.1, 0.15) is 6.04 Å². The first-order valence-corrected chi connectivity index (χ1v) is 15.0. The SMILES string of the molecule is NCC1CCC(CNC(=O)[C@H]2CC(N(C(=O)c3cccs3)C3CC3)CCN2C(=O)c2cccs2)CC1. The van der Waals surface area contributed by atoms with Crippen LogP contribution in [0.3, 0.4) is 0 Å². The molecule has 3 aliphatic rings. The van der Waals surface area contributed by atoms with Crippen molar-refractivity contribution in [2.75, 3.05) is 19.6 Å². The number of nitrogens with zero attached hydrogens (tertiary/aromatic N) is 2. The number of thiophene rings is 2. The number of hydrogen-bond acceptors (Lipinski definition) is 6. The Balaban J connectivity index is 1.30. The summed E-state index contributed by atoms with van der Waals surface area (Å²) in [6.07, 6.45) is 7.59. The van der Waals surface area contributed by atoms with Crippen molar-refractivity contribution in [3.05, 3.63) is 44.8 Å². The number of likely N-dealkylation sites (tertiary alicyclic amines) is 1. The minimum Gasteiger partial charge on any atom is -0.354 e. The Kier molecular flexibility index (Phi) is 8.08. The van der Waals surface area contributed by atoms with Crippen molar-refractivity contribution in [2.24, 2.45) is 17.6 Å². The van der Waals surface area contributed by atoms with Crippen LogP contribution in [0.15, 0.2) is 35.0 Å². The molecule has 3 amide bonds. The lowest BCUT2D eigenvalue weighted by atomic mass is 9.82. The van der Waals surface area contributed by atoms with Crippen LogP contribution in [-0.4, -0.2) is 65.3 Å². The third-order valence-electron chi connectivity index (χ3n) is 8.04. The third kappa shape index (κ3) is 5.68. The first kappa shape index (κ1) is 25.4. The van der Waals surface area contributed by atoms with Gasteiger partial charge >= 0.3 is 0 Å². The van der Waals surface area contributed by atoms with Gasteiger partial charge in [0.15, 0.2) is 0 Å². The number of carbonyl (C=O) groups excluding carboxylic acids is 3. The Labute approximate surface area is 221 Å². The Bertz CT molecular complexity index is 1030. The molecule has 1 unspecified atom stereocenters. The van der Waals surface area contributed by atoms with E-state index >= 15 is 0 Å². The van der Waals surface area contributed by atoms with Crippen molar-refractivity contribution in [1.82, 2.24) is 15.1 Å². The van der Waals surface area contributed by atoms with E-state index in [1.165, 1.54) is 22.7 Å². The Hall–Kier alpha value is -2.23. The molecule has 2 saturated carbocycles. The molecule has 0 aromatic carbocycles. The maximum absolute atomic E-state index is 13.6. The van der Waals surface area contributed by atoms with Gasteiger partial charge in [0.25, 0.3) is 11.8 Å². The normalized spacial score (nSPS) is 26.4. The van der Waals surface area contributed by atoms with E-state index in [0.717, 1.165) is 49.9 Å². The second kappa shape index (κ2) is 11.4. The van der Waals surface area contributed by atoms with Gasteiger partial charge in [0.2, 0.25) is 5.91 Å². The van der Waals surface area contributed by atoms with E-state index in [-0.39, 0.29) is 29.8 Å². The first-order valence-electron chi connectivity index (χ1n) is 13.2. The Morgan fingerprint density at radius 3 is 2.19 bits per heavy atom. The fourth-order valence-electron chi connectivity index (χ4n) is 5.78. The zero-order valence-electron chi connectivity index (χ0n) is 20.6. The molecule has 0 spiro atoms. The lowest BCUT2D eigenvalue weighted by molar-refractivity contribution is -0.127. The number of rotatable bonds is 8. The molecule has 2 aliphatic carbocycles. The minimum atomic E-state index is -0.573. The van der Waals surface area contributed by atoms with Gasteiger partial charge in [-0.15, -0.1) is 22.7 Å². The van der Waals surface area contributed by atoms with Crippen LogP contribution in [0.4, 0.5) is 0 Å². The molecular weight excluding hydrogens is 492 g/mol. The highest BCUT2D eigenvalue weighted by Gasteiger charge is 2.44. The van der Waals surface area contributed by atoms with E-state index in [0.29, 0.717) is 42.6 Å². The number of piperidine rings is 1. The number of hydrogen-bond donors (Lipinski definition) is 2. The van der Waals surface area contributed by atoms with E-state index in [2.05, 4.69) is 5.32 Å². The second-order valence-electron chi connectivity index (χ2n) is 10.5. The summed E-state index contributed by atoms with van der Waals surface area (Å²) >= 11 is 2.87. The fraction of sp³-hybridized carbons (Fsp3) is 0.593. The highest BCUT2D eigenvalue weighted by molar-refractivity contribution is 7.12. The highest BCUT2D eigenvalue weighted by Crippen LogP contribution is 2.36. The lowest BCUT2D eigenvalue weighted by Gasteiger charge is -2.43. The third-order valence-corrected chi connectivity index (χ3v) is 9.75. The summed E-state index contributed by atoms with van der Waals surface area (Å²) in [7, 11) is 0. The van der Waals surface area contributed by atoms with E-state index in [1.807, 2.05) is 39.9 Å². The molecular formula is C27H36N4O3S2. The molecule has 2 atom stereocenters. The van der Waals surface area contributed by atoms with Gasteiger partial charge in [-0.2, -0.15) is 0 Å². The summed E-state index contributed by atoms with van der Waals surface area (Å²) in [4.78, 5) is 45.5. The van der Waals surface area contributed by atoms with Crippen LogP contribution >= 0.6 is 22.7 Å². The van der Waals surface area contributed by atoms with Crippen molar-refractivity contribution in [3.8, 4) is 0 Å². The molecule has 194 valence electrons. The molecule has 0 radical (unpaired) electrons. The van der Waals surface area contributed by atoms with Crippen molar-refractivity contribution < 1.29 is 14.4 Å². The molecule has 0 bridgehead atoms. The van der Waals surface area contributed by atoms with E-state index in [1.54, 1.807) is 4.90 Å². The molecule has 3 fully saturated rings. The largest absolute Gasteiger partial charge is 0.354 e. The van der Waals surface area contributed by atoms with Crippen LogP contribution in [0.2, 0.25) is 0 Å². The number of nitrogens with one attached hydrogen (secondary N) is 1.